The summed E-state index contributed by atoms with van der Waals surface area (Å²) < 4.78 is 0. The number of aliphatic hydroxyl groups excluding tert-OH is 2. The first-order chi connectivity index (χ1) is 6.22. The van der Waals surface area contributed by atoms with Crippen LogP contribution in [0.4, 0.5) is 0 Å². The quantitative estimate of drug-likeness (QED) is 0.698. The first-order valence-corrected chi connectivity index (χ1v) is 5.51. The van der Waals surface area contributed by atoms with Crippen molar-refractivity contribution in [3.63, 3.8) is 0 Å². The van der Waals surface area contributed by atoms with E-state index in [1.54, 1.807) is 0 Å². The van der Waals surface area contributed by atoms with Gasteiger partial charge in [-0.2, -0.15) is 0 Å². The second-order valence-corrected chi connectivity index (χ2v) is 4.95. The number of hydrogen-bond acceptors (Lipinski definition) is 2. The van der Waals surface area contributed by atoms with Crippen molar-refractivity contribution in [2.45, 2.75) is 45.1 Å². The maximum atomic E-state index is 9.86. The van der Waals surface area contributed by atoms with Crippen LogP contribution in [0.3, 0.4) is 0 Å². The van der Waals surface area contributed by atoms with Gasteiger partial charge in [-0.3, -0.25) is 0 Å². The summed E-state index contributed by atoms with van der Waals surface area (Å²) in [6, 6.07) is 0. The Labute approximate surface area is 80.0 Å². The number of rotatable bonds is 3. The Morgan fingerprint density at radius 3 is 2.85 bits per heavy atom. The molecular formula is C11H20O2. The molecule has 0 saturated heterocycles. The van der Waals surface area contributed by atoms with Gasteiger partial charge in [0.1, 0.15) is 0 Å². The second kappa shape index (κ2) is 3.25. The first kappa shape index (κ1) is 9.47. The Morgan fingerprint density at radius 1 is 1.54 bits per heavy atom. The van der Waals surface area contributed by atoms with E-state index in [-0.39, 0.29) is 18.1 Å². The van der Waals surface area contributed by atoms with Crippen LogP contribution in [0.25, 0.3) is 0 Å². The second-order valence-electron chi connectivity index (χ2n) is 4.95. The molecule has 0 radical (unpaired) electrons. The van der Waals surface area contributed by atoms with Crippen molar-refractivity contribution < 1.29 is 10.2 Å². The van der Waals surface area contributed by atoms with E-state index >= 15 is 0 Å². The Bertz CT molecular complexity index is 193. The van der Waals surface area contributed by atoms with E-state index < -0.39 is 0 Å². The van der Waals surface area contributed by atoms with Crippen LogP contribution < -0.4 is 0 Å². The van der Waals surface area contributed by atoms with Gasteiger partial charge in [0.15, 0.2) is 0 Å². The molecule has 0 amide bonds. The fourth-order valence-electron chi connectivity index (χ4n) is 3.53. The molecule has 2 aliphatic rings. The van der Waals surface area contributed by atoms with Crippen molar-refractivity contribution in [2.75, 3.05) is 6.61 Å². The molecule has 2 heteroatoms. The predicted octanol–water partition coefficient (Wildman–Crippen LogP) is 1.56. The third kappa shape index (κ3) is 1.31. The van der Waals surface area contributed by atoms with Gasteiger partial charge < -0.3 is 10.2 Å². The molecule has 0 aromatic rings. The average Bonchev–Trinajstić information content (AvgIpc) is 2.74. The third-order valence-electron chi connectivity index (χ3n) is 4.32. The molecule has 2 bridgehead atoms. The van der Waals surface area contributed by atoms with Crippen LogP contribution >= 0.6 is 0 Å². The summed E-state index contributed by atoms with van der Waals surface area (Å²) in [5.41, 5.74) is 0.0973. The van der Waals surface area contributed by atoms with Crippen LogP contribution in [-0.4, -0.2) is 22.9 Å². The summed E-state index contributed by atoms with van der Waals surface area (Å²) in [6.45, 7) is 2.31. The van der Waals surface area contributed by atoms with Crippen LogP contribution in [0.2, 0.25) is 0 Å². The normalized spacial score (nSPS) is 45.5. The standard InChI is InChI=1S/C11H20O2/c1-2-10(13)9-5-8-3-4-11(9,6-8)7-12/h8-10,12-13H,2-7H2,1H3. The average molecular weight is 184 g/mol. The summed E-state index contributed by atoms with van der Waals surface area (Å²) in [6.07, 6.45) is 5.36. The van der Waals surface area contributed by atoms with Crippen LogP contribution in [0.1, 0.15) is 39.0 Å². The van der Waals surface area contributed by atoms with E-state index in [0.717, 1.165) is 31.6 Å². The van der Waals surface area contributed by atoms with Crippen molar-refractivity contribution in [3.8, 4) is 0 Å². The molecule has 2 N–H and O–H groups in total. The molecule has 2 saturated carbocycles. The molecule has 0 aliphatic heterocycles. The smallest absolute Gasteiger partial charge is 0.0572 e. The van der Waals surface area contributed by atoms with E-state index in [0.29, 0.717) is 5.92 Å². The zero-order valence-corrected chi connectivity index (χ0v) is 8.37. The molecule has 2 fully saturated rings. The van der Waals surface area contributed by atoms with Crippen LogP contribution in [0.15, 0.2) is 0 Å². The van der Waals surface area contributed by atoms with Gasteiger partial charge in [0, 0.05) is 6.61 Å². The topological polar surface area (TPSA) is 40.5 Å². The lowest BCUT2D eigenvalue weighted by atomic mass is 9.72. The van der Waals surface area contributed by atoms with Gasteiger partial charge in [-0.25, -0.2) is 0 Å². The molecule has 0 spiro atoms. The minimum absolute atomic E-state index is 0.0973. The minimum Gasteiger partial charge on any atom is -0.396 e. The van der Waals surface area contributed by atoms with Crippen molar-refractivity contribution in [3.05, 3.63) is 0 Å². The zero-order valence-electron chi connectivity index (χ0n) is 8.37. The highest BCUT2D eigenvalue weighted by Gasteiger charge is 2.53. The molecule has 0 aromatic carbocycles. The number of hydrogen-bond donors (Lipinski definition) is 2. The molecular weight excluding hydrogens is 164 g/mol. The Morgan fingerprint density at radius 2 is 2.31 bits per heavy atom. The summed E-state index contributed by atoms with van der Waals surface area (Å²) >= 11 is 0. The van der Waals surface area contributed by atoms with Gasteiger partial charge in [0.05, 0.1) is 6.10 Å². The van der Waals surface area contributed by atoms with Crippen molar-refractivity contribution >= 4 is 0 Å². The SMILES string of the molecule is CCC(O)C1CC2CCC1(CO)C2. The van der Waals surface area contributed by atoms with Gasteiger partial charge in [-0.15, -0.1) is 0 Å². The highest BCUT2D eigenvalue weighted by atomic mass is 16.3. The van der Waals surface area contributed by atoms with E-state index in [4.69, 9.17) is 0 Å². The Balaban J connectivity index is 2.13. The largest absolute Gasteiger partial charge is 0.396 e. The summed E-state index contributed by atoms with van der Waals surface area (Å²) in [5.74, 6) is 1.17. The zero-order chi connectivity index (χ0) is 9.47. The van der Waals surface area contributed by atoms with E-state index in [2.05, 4.69) is 0 Å². The lowest BCUT2D eigenvalue weighted by Crippen LogP contribution is -2.36. The van der Waals surface area contributed by atoms with E-state index in [1.807, 2.05) is 6.92 Å². The van der Waals surface area contributed by atoms with Crippen LogP contribution in [-0.2, 0) is 0 Å². The summed E-state index contributed by atoms with van der Waals surface area (Å²) in [5, 5.41) is 19.3. The molecule has 2 rings (SSSR count). The fourth-order valence-corrected chi connectivity index (χ4v) is 3.53. The highest BCUT2D eigenvalue weighted by molar-refractivity contribution is 5.03. The van der Waals surface area contributed by atoms with Crippen molar-refractivity contribution in [1.82, 2.24) is 0 Å². The minimum atomic E-state index is -0.183. The maximum Gasteiger partial charge on any atom is 0.0572 e. The highest BCUT2D eigenvalue weighted by Crippen LogP contribution is 2.58. The molecule has 76 valence electrons. The van der Waals surface area contributed by atoms with Crippen LogP contribution in [0, 0.1) is 17.3 Å². The maximum absolute atomic E-state index is 9.86. The van der Waals surface area contributed by atoms with Gasteiger partial charge in [0.25, 0.3) is 0 Å². The molecule has 2 aliphatic carbocycles. The summed E-state index contributed by atoms with van der Waals surface area (Å²) in [4.78, 5) is 0. The lowest BCUT2D eigenvalue weighted by Gasteiger charge is -2.36. The lowest BCUT2D eigenvalue weighted by molar-refractivity contribution is -0.00719. The predicted molar refractivity (Wildman–Crippen MR) is 51.3 cm³/mol. The van der Waals surface area contributed by atoms with Crippen LogP contribution in [0.5, 0.6) is 0 Å². The van der Waals surface area contributed by atoms with E-state index in [1.165, 1.54) is 6.42 Å². The Hall–Kier alpha value is -0.0800. The van der Waals surface area contributed by atoms with E-state index in [9.17, 15) is 10.2 Å². The van der Waals surface area contributed by atoms with Gasteiger partial charge in [-0.1, -0.05) is 6.92 Å². The number of fused-ring (bicyclic) bond motifs is 2. The molecule has 4 atom stereocenters. The molecule has 2 nitrogen and oxygen atoms in total. The fraction of sp³-hybridized carbons (Fsp3) is 1.00. The summed E-state index contributed by atoms with van der Waals surface area (Å²) in [7, 11) is 0. The number of aliphatic hydroxyl groups is 2. The Kier molecular flexibility index (Phi) is 2.37. The van der Waals surface area contributed by atoms with Gasteiger partial charge >= 0.3 is 0 Å². The van der Waals surface area contributed by atoms with Crippen molar-refractivity contribution in [2.24, 2.45) is 17.3 Å². The molecule has 13 heavy (non-hydrogen) atoms. The van der Waals surface area contributed by atoms with Gasteiger partial charge in [-0.05, 0) is 49.4 Å². The van der Waals surface area contributed by atoms with Crippen molar-refractivity contribution in [1.29, 1.82) is 0 Å². The molecule has 4 unspecified atom stereocenters. The monoisotopic (exact) mass is 184 g/mol. The van der Waals surface area contributed by atoms with Gasteiger partial charge in [0.2, 0.25) is 0 Å². The first-order valence-electron chi connectivity index (χ1n) is 5.51. The molecule has 0 aromatic heterocycles. The molecule has 0 heterocycles. The third-order valence-corrected chi connectivity index (χ3v) is 4.32.